The minimum atomic E-state index is -1.18. The first-order chi connectivity index (χ1) is 11.1. The van der Waals surface area contributed by atoms with Gasteiger partial charge in [0, 0.05) is 0 Å². The Balaban J connectivity index is 4.70. The standard InChI is InChI=1S/C15H28N4O5/c1-5-9(4)13(19-14(23)12(16)8(2)3)15(24)18-6-10(20)17-7-11(21)22/h8-9,12-13H,5-7,16H2,1-4H3,(H,17,20)(H,18,24)(H,19,23)(H,21,22). The van der Waals surface area contributed by atoms with Gasteiger partial charge in [0.25, 0.3) is 0 Å². The summed E-state index contributed by atoms with van der Waals surface area (Å²) in [6.07, 6.45) is 0.639. The zero-order valence-corrected chi connectivity index (χ0v) is 14.6. The van der Waals surface area contributed by atoms with Crippen LogP contribution in [-0.4, -0.2) is 54.0 Å². The highest BCUT2D eigenvalue weighted by molar-refractivity contribution is 5.92. The number of aliphatic carboxylic acids is 1. The van der Waals surface area contributed by atoms with E-state index in [2.05, 4.69) is 16.0 Å². The molecule has 0 aromatic rings. The van der Waals surface area contributed by atoms with Gasteiger partial charge in [-0.05, 0) is 11.8 Å². The predicted molar refractivity (Wildman–Crippen MR) is 87.9 cm³/mol. The molecule has 0 aliphatic rings. The van der Waals surface area contributed by atoms with Gasteiger partial charge in [0.15, 0.2) is 0 Å². The molecule has 6 N–H and O–H groups in total. The van der Waals surface area contributed by atoms with Crippen LogP contribution < -0.4 is 21.7 Å². The molecule has 0 heterocycles. The van der Waals surface area contributed by atoms with Gasteiger partial charge in [0.05, 0.1) is 12.6 Å². The molecule has 3 amide bonds. The number of nitrogens with two attached hydrogens (primary N) is 1. The maximum atomic E-state index is 12.3. The normalized spacial score (nSPS) is 14.4. The first-order valence-electron chi connectivity index (χ1n) is 7.92. The molecule has 0 radical (unpaired) electrons. The van der Waals surface area contributed by atoms with Crippen LogP contribution in [0.3, 0.4) is 0 Å². The SMILES string of the molecule is CCC(C)C(NC(=O)C(N)C(C)C)C(=O)NCC(=O)NCC(=O)O. The number of carboxylic acid groups (broad SMARTS) is 1. The van der Waals surface area contributed by atoms with Gasteiger partial charge in [0.1, 0.15) is 12.6 Å². The fourth-order valence-corrected chi connectivity index (χ4v) is 1.77. The van der Waals surface area contributed by atoms with Gasteiger partial charge in [-0.15, -0.1) is 0 Å². The molecular weight excluding hydrogens is 316 g/mol. The van der Waals surface area contributed by atoms with Crippen molar-refractivity contribution >= 4 is 23.7 Å². The molecule has 0 saturated carbocycles. The van der Waals surface area contributed by atoms with Crippen LogP contribution in [0.25, 0.3) is 0 Å². The highest BCUT2D eigenvalue weighted by Gasteiger charge is 2.28. The average Bonchev–Trinajstić information content (AvgIpc) is 2.53. The third-order valence-corrected chi connectivity index (χ3v) is 3.67. The molecule has 0 aliphatic carbocycles. The van der Waals surface area contributed by atoms with Crippen LogP contribution in [0.5, 0.6) is 0 Å². The molecule has 0 aromatic heterocycles. The summed E-state index contributed by atoms with van der Waals surface area (Å²) in [5.74, 6) is -2.98. The number of carboxylic acids is 1. The molecule has 0 saturated heterocycles. The number of hydrogen-bond donors (Lipinski definition) is 5. The van der Waals surface area contributed by atoms with Crippen LogP contribution in [-0.2, 0) is 19.2 Å². The Labute approximate surface area is 141 Å². The van der Waals surface area contributed by atoms with Crippen molar-refractivity contribution in [2.24, 2.45) is 17.6 Å². The summed E-state index contributed by atoms with van der Waals surface area (Å²) in [7, 11) is 0. The number of carbonyl (C=O) groups excluding carboxylic acids is 3. The van der Waals surface area contributed by atoms with Gasteiger partial charge in [-0.1, -0.05) is 34.1 Å². The summed E-state index contributed by atoms with van der Waals surface area (Å²) in [5, 5.41) is 15.6. The summed E-state index contributed by atoms with van der Waals surface area (Å²) in [4.78, 5) is 46.1. The van der Waals surface area contributed by atoms with E-state index in [1.54, 1.807) is 20.8 Å². The van der Waals surface area contributed by atoms with Gasteiger partial charge in [-0.25, -0.2) is 0 Å². The second-order valence-corrected chi connectivity index (χ2v) is 6.03. The number of rotatable bonds is 10. The third-order valence-electron chi connectivity index (χ3n) is 3.67. The fourth-order valence-electron chi connectivity index (χ4n) is 1.77. The molecule has 3 atom stereocenters. The summed E-state index contributed by atoms with van der Waals surface area (Å²) in [6.45, 7) is 6.38. The quantitative estimate of drug-likeness (QED) is 0.336. The minimum Gasteiger partial charge on any atom is -0.480 e. The molecule has 138 valence electrons. The third kappa shape index (κ3) is 7.91. The van der Waals surface area contributed by atoms with E-state index in [4.69, 9.17) is 10.8 Å². The van der Waals surface area contributed by atoms with Gasteiger partial charge < -0.3 is 26.8 Å². The Hall–Kier alpha value is -2.16. The van der Waals surface area contributed by atoms with E-state index < -0.39 is 42.3 Å². The highest BCUT2D eigenvalue weighted by Crippen LogP contribution is 2.09. The van der Waals surface area contributed by atoms with Gasteiger partial charge in [-0.3, -0.25) is 19.2 Å². The van der Waals surface area contributed by atoms with Gasteiger partial charge in [-0.2, -0.15) is 0 Å². The zero-order chi connectivity index (χ0) is 18.9. The van der Waals surface area contributed by atoms with E-state index in [1.807, 2.05) is 6.92 Å². The Morgan fingerprint density at radius 2 is 1.58 bits per heavy atom. The average molecular weight is 344 g/mol. The van der Waals surface area contributed by atoms with Gasteiger partial charge in [0.2, 0.25) is 17.7 Å². The molecule has 0 fully saturated rings. The smallest absolute Gasteiger partial charge is 0.322 e. The second kappa shape index (κ2) is 10.6. The van der Waals surface area contributed by atoms with E-state index in [0.717, 1.165) is 0 Å². The summed E-state index contributed by atoms with van der Waals surface area (Å²) in [5.41, 5.74) is 5.78. The van der Waals surface area contributed by atoms with Crippen LogP contribution in [0.4, 0.5) is 0 Å². The number of nitrogens with one attached hydrogen (secondary N) is 3. The van der Waals surface area contributed by atoms with Crippen molar-refractivity contribution < 1.29 is 24.3 Å². The van der Waals surface area contributed by atoms with E-state index >= 15 is 0 Å². The Morgan fingerprint density at radius 3 is 2.04 bits per heavy atom. The van der Waals surface area contributed by atoms with Crippen molar-refractivity contribution in [3.05, 3.63) is 0 Å². The lowest BCUT2D eigenvalue weighted by Crippen LogP contribution is -2.56. The zero-order valence-electron chi connectivity index (χ0n) is 14.6. The Bertz CT molecular complexity index is 467. The summed E-state index contributed by atoms with van der Waals surface area (Å²) >= 11 is 0. The second-order valence-electron chi connectivity index (χ2n) is 6.03. The number of amides is 3. The summed E-state index contributed by atoms with van der Waals surface area (Å²) < 4.78 is 0. The largest absolute Gasteiger partial charge is 0.480 e. The monoisotopic (exact) mass is 344 g/mol. The molecule has 9 heteroatoms. The van der Waals surface area contributed by atoms with Crippen LogP contribution in [0, 0.1) is 11.8 Å². The first-order valence-corrected chi connectivity index (χ1v) is 7.92. The number of hydrogen-bond acceptors (Lipinski definition) is 5. The van der Waals surface area contributed by atoms with E-state index in [-0.39, 0.29) is 18.4 Å². The van der Waals surface area contributed by atoms with Crippen molar-refractivity contribution in [1.82, 2.24) is 16.0 Å². The van der Waals surface area contributed by atoms with Crippen LogP contribution in [0.15, 0.2) is 0 Å². The predicted octanol–water partition coefficient (Wildman–Crippen LogP) is -1.18. The lowest BCUT2D eigenvalue weighted by molar-refractivity contribution is -0.138. The van der Waals surface area contributed by atoms with E-state index in [0.29, 0.717) is 6.42 Å². The molecule has 0 bridgehead atoms. The van der Waals surface area contributed by atoms with Gasteiger partial charge >= 0.3 is 5.97 Å². The summed E-state index contributed by atoms with van der Waals surface area (Å²) in [6, 6.07) is -1.55. The lowest BCUT2D eigenvalue weighted by Gasteiger charge is -2.25. The van der Waals surface area contributed by atoms with Crippen molar-refractivity contribution in [2.45, 2.75) is 46.2 Å². The minimum absolute atomic E-state index is 0.0764. The van der Waals surface area contributed by atoms with Crippen LogP contribution in [0.1, 0.15) is 34.1 Å². The highest BCUT2D eigenvalue weighted by atomic mass is 16.4. The van der Waals surface area contributed by atoms with Crippen molar-refractivity contribution in [1.29, 1.82) is 0 Å². The van der Waals surface area contributed by atoms with Crippen molar-refractivity contribution in [3.63, 3.8) is 0 Å². The molecular formula is C15H28N4O5. The maximum absolute atomic E-state index is 12.3. The maximum Gasteiger partial charge on any atom is 0.322 e. The topological polar surface area (TPSA) is 151 Å². The van der Waals surface area contributed by atoms with Crippen molar-refractivity contribution in [3.8, 4) is 0 Å². The van der Waals surface area contributed by atoms with E-state index in [1.165, 1.54) is 0 Å². The van der Waals surface area contributed by atoms with Crippen LogP contribution in [0.2, 0.25) is 0 Å². The Kier molecular flexibility index (Phi) is 9.63. The number of carbonyl (C=O) groups is 4. The molecule has 0 spiro atoms. The molecule has 0 aliphatic heterocycles. The molecule has 9 nitrogen and oxygen atoms in total. The first kappa shape index (κ1) is 21.8. The fraction of sp³-hybridized carbons (Fsp3) is 0.733. The lowest BCUT2D eigenvalue weighted by atomic mass is 9.97. The molecule has 24 heavy (non-hydrogen) atoms. The molecule has 0 aromatic carbocycles. The Morgan fingerprint density at radius 1 is 1.00 bits per heavy atom. The molecule has 3 unspecified atom stereocenters. The molecule has 0 rings (SSSR count). The van der Waals surface area contributed by atoms with Crippen molar-refractivity contribution in [2.75, 3.05) is 13.1 Å². The van der Waals surface area contributed by atoms with Crippen LogP contribution >= 0.6 is 0 Å². The van der Waals surface area contributed by atoms with E-state index in [9.17, 15) is 19.2 Å².